The average molecular weight is 299 g/mol. The highest BCUT2D eigenvalue weighted by molar-refractivity contribution is 7.98. The SMILES string of the molecule is CSCCC(C)(NC(=O)c1ccccc1)c1ccccc1. The van der Waals surface area contributed by atoms with Crippen LogP contribution in [0, 0.1) is 0 Å². The third-order valence-corrected chi connectivity index (χ3v) is 4.25. The minimum absolute atomic E-state index is 0.0249. The second-order valence-corrected chi connectivity index (χ2v) is 6.25. The number of thioether (sulfide) groups is 1. The maximum atomic E-state index is 12.5. The van der Waals surface area contributed by atoms with Crippen LogP contribution < -0.4 is 5.32 Å². The molecular weight excluding hydrogens is 278 g/mol. The van der Waals surface area contributed by atoms with Gasteiger partial charge in [0.25, 0.3) is 5.91 Å². The standard InChI is InChI=1S/C18H21NOS/c1-18(13-14-21-2,16-11-7-4-8-12-16)19-17(20)15-9-5-3-6-10-15/h3-12H,13-14H2,1-2H3,(H,19,20). The van der Waals surface area contributed by atoms with Crippen molar-refractivity contribution in [2.45, 2.75) is 18.9 Å². The normalized spacial score (nSPS) is 13.4. The van der Waals surface area contributed by atoms with E-state index < -0.39 is 0 Å². The Morgan fingerprint density at radius 1 is 1.05 bits per heavy atom. The summed E-state index contributed by atoms with van der Waals surface area (Å²) in [5, 5.41) is 3.21. The molecule has 1 atom stereocenters. The Kier molecular flexibility index (Phi) is 5.45. The van der Waals surface area contributed by atoms with Gasteiger partial charge < -0.3 is 5.32 Å². The molecule has 0 aliphatic heterocycles. The predicted octanol–water partition coefficient (Wildman–Crippen LogP) is 4.08. The van der Waals surface area contributed by atoms with E-state index in [0.29, 0.717) is 5.56 Å². The maximum absolute atomic E-state index is 12.5. The summed E-state index contributed by atoms with van der Waals surface area (Å²) < 4.78 is 0. The van der Waals surface area contributed by atoms with E-state index in [2.05, 4.69) is 30.6 Å². The van der Waals surface area contributed by atoms with Crippen LogP contribution in [-0.4, -0.2) is 17.9 Å². The van der Waals surface area contributed by atoms with E-state index >= 15 is 0 Å². The molecule has 0 saturated heterocycles. The monoisotopic (exact) mass is 299 g/mol. The van der Waals surface area contributed by atoms with Gasteiger partial charge in [-0.3, -0.25) is 4.79 Å². The molecule has 2 rings (SSSR count). The molecule has 0 aliphatic carbocycles. The number of amides is 1. The van der Waals surface area contributed by atoms with Crippen LogP contribution in [0.3, 0.4) is 0 Å². The molecule has 3 heteroatoms. The van der Waals surface area contributed by atoms with Crippen LogP contribution in [-0.2, 0) is 5.54 Å². The molecule has 1 N–H and O–H groups in total. The van der Waals surface area contributed by atoms with Crippen molar-refractivity contribution in [3.63, 3.8) is 0 Å². The second kappa shape index (κ2) is 7.32. The highest BCUT2D eigenvalue weighted by Crippen LogP contribution is 2.26. The van der Waals surface area contributed by atoms with Crippen LogP contribution in [0.2, 0.25) is 0 Å². The first-order valence-electron chi connectivity index (χ1n) is 7.08. The van der Waals surface area contributed by atoms with E-state index in [0.717, 1.165) is 17.7 Å². The number of benzene rings is 2. The lowest BCUT2D eigenvalue weighted by atomic mass is 9.89. The smallest absolute Gasteiger partial charge is 0.251 e. The Balaban J connectivity index is 2.22. The van der Waals surface area contributed by atoms with Crippen LogP contribution in [0.5, 0.6) is 0 Å². The lowest BCUT2D eigenvalue weighted by molar-refractivity contribution is 0.0902. The number of carbonyl (C=O) groups excluding carboxylic acids is 1. The van der Waals surface area contributed by atoms with Gasteiger partial charge in [-0.2, -0.15) is 11.8 Å². The first-order valence-corrected chi connectivity index (χ1v) is 8.47. The van der Waals surface area contributed by atoms with E-state index in [1.807, 2.05) is 48.5 Å². The molecule has 2 aromatic carbocycles. The minimum Gasteiger partial charge on any atom is -0.343 e. The second-order valence-electron chi connectivity index (χ2n) is 5.26. The van der Waals surface area contributed by atoms with Gasteiger partial charge in [0, 0.05) is 5.56 Å². The summed E-state index contributed by atoms with van der Waals surface area (Å²) in [6.45, 7) is 2.10. The number of hydrogen-bond donors (Lipinski definition) is 1. The van der Waals surface area contributed by atoms with E-state index in [4.69, 9.17) is 0 Å². The van der Waals surface area contributed by atoms with Gasteiger partial charge in [-0.1, -0.05) is 48.5 Å². The first kappa shape index (κ1) is 15.6. The molecule has 0 spiro atoms. The van der Waals surface area contributed by atoms with Crippen molar-refractivity contribution in [3.8, 4) is 0 Å². The zero-order valence-electron chi connectivity index (χ0n) is 12.5. The van der Waals surface area contributed by atoms with Gasteiger partial charge in [0.15, 0.2) is 0 Å². The number of carbonyl (C=O) groups is 1. The van der Waals surface area contributed by atoms with Gasteiger partial charge in [-0.25, -0.2) is 0 Å². The highest BCUT2D eigenvalue weighted by Gasteiger charge is 2.28. The first-order chi connectivity index (χ1) is 10.2. The summed E-state index contributed by atoms with van der Waals surface area (Å²) in [4.78, 5) is 12.5. The number of rotatable bonds is 6. The molecule has 0 saturated carbocycles. The zero-order chi connectivity index (χ0) is 15.1. The molecular formula is C18H21NOS. The van der Waals surface area contributed by atoms with Gasteiger partial charge in [0.05, 0.1) is 5.54 Å². The fourth-order valence-corrected chi connectivity index (χ4v) is 2.92. The zero-order valence-corrected chi connectivity index (χ0v) is 13.3. The lowest BCUT2D eigenvalue weighted by Crippen LogP contribution is -2.44. The Labute approximate surface area is 131 Å². The Morgan fingerprint density at radius 2 is 1.62 bits per heavy atom. The highest BCUT2D eigenvalue weighted by atomic mass is 32.2. The van der Waals surface area contributed by atoms with Crippen molar-refractivity contribution in [1.82, 2.24) is 5.32 Å². The minimum atomic E-state index is -0.350. The molecule has 0 heterocycles. The third-order valence-electron chi connectivity index (χ3n) is 3.64. The molecule has 21 heavy (non-hydrogen) atoms. The van der Waals surface area contributed by atoms with Gasteiger partial charge in [-0.15, -0.1) is 0 Å². The average Bonchev–Trinajstić information content (AvgIpc) is 2.54. The van der Waals surface area contributed by atoms with Crippen molar-refractivity contribution < 1.29 is 4.79 Å². The largest absolute Gasteiger partial charge is 0.343 e. The third kappa shape index (κ3) is 4.11. The summed E-state index contributed by atoms with van der Waals surface area (Å²) in [6.07, 6.45) is 2.99. The van der Waals surface area contributed by atoms with Crippen molar-refractivity contribution in [1.29, 1.82) is 0 Å². The molecule has 0 fully saturated rings. The van der Waals surface area contributed by atoms with E-state index in [1.165, 1.54) is 0 Å². The molecule has 0 aromatic heterocycles. The summed E-state index contributed by atoms with van der Waals surface area (Å²) in [7, 11) is 0. The molecule has 110 valence electrons. The Bertz CT molecular complexity index is 570. The Hall–Kier alpha value is -1.74. The molecule has 1 unspecified atom stereocenters. The Morgan fingerprint density at radius 3 is 2.19 bits per heavy atom. The lowest BCUT2D eigenvalue weighted by Gasteiger charge is -2.31. The van der Waals surface area contributed by atoms with E-state index in [9.17, 15) is 4.79 Å². The summed E-state index contributed by atoms with van der Waals surface area (Å²) in [6, 6.07) is 19.6. The summed E-state index contributed by atoms with van der Waals surface area (Å²) in [5.41, 5.74) is 1.49. The van der Waals surface area contributed by atoms with Gasteiger partial charge in [-0.05, 0) is 43.0 Å². The van der Waals surface area contributed by atoms with Crippen molar-refractivity contribution in [2.24, 2.45) is 0 Å². The number of hydrogen-bond acceptors (Lipinski definition) is 2. The van der Waals surface area contributed by atoms with Crippen molar-refractivity contribution in [2.75, 3.05) is 12.0 Å². The van der Waals surface area contributed by atoms with Crippen LogP contribution in [0.15, 0.2) is 60.7 Å². The topological polar surface area (TPSA) is 29.1 Å². The van der Waals surface area contributed by atoms with Crippen molar-refractivity contribution >= 4 is 17.7 Å². The maximum Gasteiger partial charge on any atom is 0.251 e. The predicted molar refractivity (Wildman–Crippen MR) is 90.7 cm³/mol. The summed E-state index contributed by atoms with van der Waals surface area (Å²) in [5.74, 6) is 0.976. The van der Waals surface area contributed by atoms with Crippen LogP contribution in [0.4, 0.5) is 0 Å². The fourth-order valence-electron chi connectivity index (χ4n) is 2.30. The molecule has 0 radical (unpaired) electrons. The number of nitrogens with one attached hydrogen (secondary N) is 1. The van der Waals surface area contributed by atoms with Crippen LogP contribution in [0.1, 0.15) is 29.3 Å². The van der Waals surface area contributed by atoms with Crippen LogP contribution >= 0.6 is 11.8 Å². The van der Waals surface area contributed by atoms with Gasteiger partial charge in [0.1, 0.15) is 0 Å². The molecule has 1 amide bonds. The van der Waals surface area contributed by atoms with E-state index in [1.54, 1.807) is 11.8 Å². The molecule has 2 aromatic rings. The van der Waals surface area contributed by atoms with Gasteiger partial charge >= 0.3 is 0 Å². The molecule has 2 nitrogen and oxygen atoms in total. The van der Waals surface area contributed by atoms with Gasteiger partial charge in [0.2, 0.25) is 0 Å². The van der Waals surface area contributed by atoms with E-state index in [-0.39, 0.29) is 11.4 Å². The van der Waals surface area contributed by atoms with Crippen LogP contribution in [0.25, 0.3) is 0 Å². The molecule has 0 bridgehead atoms. The molecule has 0 aliphatic rings. The quantitative estimate of drug-likeness (QED) is 0.870. The fraction of sp³-hybridized carbons (Fsp3) is 0.278. The van der Waals surface area contributed by atoms with Crippen molar-refractivity contribution in [3.05, 3.63) is 71.8 Å². The summed E-state index contributed by atoms with van der Waals surface area (Å²) >= 11 is 1.79.